The van der Waals surface area contributed by atoms with Gasteiger partial charge in [0.05, 0.1) is 55.8 Å². The quantitative estimate of drug-likeness (QED) is 0.144. The Labute approximate surface area is 516 Å². The van der Waals surface area contributed by atoms with Crippen LogP contribution in [0.25, 0.3) is 166 Å². The van der Waals surface area contributed by atoms with E-state index in [4.69, 9.17) is 15.0 Å². The van der Waals surface area contributed by atoms with Gasteiger partial charge in [0.1, 0.15) is 0 Å². The maximum Gasteiger partial charge on any atom is 0.164 e. The van der Waals surface area contributed by atoms with Crippen molar-refractivity contribution >= 4 is 87.2 Å². The van der Waals surface area contributed by atoms with E-state index in [0.29, 0.717) is 23.0 Å². The van der Waals surface area contributed by atoms with Gasteiger partial charge in [-0.15, -0.1) is 0 Å². The molecule has 0 amide bonds. The van der Waals surface area contributed by atoms with Gasteiger partial charge in [0.15, 0.2) is 17.5 Å². The second-order valence-electron chi connectivity index (χ2n) is 23.1. The lowest BCUT2D eigenvalue weighted by Gasteiger charge is -2.13. The Morgan fingerprint density at radius 2 is 0.489 bits per heavy atom. The SMILES string of the molecule is N#Cc1ccc(-c2nc(-c3cccc(-n4c5ccccc5c5cc(-c6ccc7c(c6)c6ccccc6n7-c6ccccc6)ccc54)c3)nc(-c3cccc(-n4c5ccccc5c5cc(-c6ccc7c(c6)c6ccccc6n7-c6ccccc6)ccc54)c3)n2)cc1. The summed E-state index contributed by atoms with van der Waals surface area (Å²) in [4.78, 5) is 15.8. The lowest BCUT2D eigenvalue weighted by molar-refractivity contribution is 1.07. The summed E-state index contributed by atoms with van der Waals surface area (Å²) in [6.07, 6.45) is 0. The van der Waals surface area contributed by atoms with Gasteiger partial charge in [0.25, 0.3) is 0 Å². The highest BCUT2D eigenvalue weighted by atomic mass is 15.0. The maximum absolute atomic E-state index is 9.79. The maximum atomic E-state index is 9.79. The molecule has 0 N–H and O–H groups in total. The molecule has 0 saturated carbocycles. The lowest BCUT2D eigenvalue weighted by Crippen LogP contribution is -2.02. The van der Waals surface area contributed by atoms with Crippen molar-refractivity contribution in [3.63, 3.8) is 0 Å². The first-order valence-corrected chi connectivity index (χ1v) is 30.3. The molecule has 5 aromatic heterocycles. The van der Waals surface area contributed by atoms with Gasteiger partial charge in [0.2, 0.25) is 0 Å². The Hall–Kier alpha value is -12.4. The van der Waals surface area contributed by atoms with Gasteiger partial charge >= 0.3 is 0 Å². The van der Waals surface area contributed by atoms with Gasteiger partial charge in [-0.3, -0.25) is 0 Å². The number of hydrogen-bond donors (Lipinski definition) is 0. The molecule has 0 unspecified atom stereocenters. The van der Waals surface area contributed by atoms with E-state index in [1.807, 2.05) is 24.3 Å². The third-order valence-electron chi connectivity index (χ3n) is 18.0. The summed E-state index contributed by atoms with van der Waals surface area (Å²) in [5.74, 6) is 1.58. The van der Waals surface area contributed by atoms with Crippen molar-refractivity contribution in [1.29, 1.82) is 5.26 Å². The van der Waals surface area contributed by atoms with Crippen LogP contribution in [0.4, 0.5) is 0 Å². The number of hydrogen-bond acceptors (Lipinski definition) is 4. The first-order valence-electron chi connectivity index (χ1n) is 30.3. The molecular weight excluding hydrogens is 1100 g/mol. The Morgan fingerprint density at radius 1 is 0.211 bits per heavy atom. The molecule has 18 aromatic rings. The topological polar surface area (TPSA) is 82.2 Å². The van der Waals surface area contributed by atoms with Crippen LogP contribution in [0.3, 0.4) is 0 Å². The highest BCUT2D eigenvalue weighted by Gasteiger charge is 2.21. The van der Waals surface area contributed by atoms with Crippen molar-refractivity contribution in [3.8, 4) is 85.2 Å². The zero-order chi connectivity index (χ0) is 59.4. The van der Waals surface area contributed by atoms with E-state index in [0.717, 1.165) is 105 Å². The smallest absolute Gasteiger partial charge is 0.164 e. The first kappa shape index (κ1) is 50.8. The summed E-state index contributed by atoms with van der Waals surface area (Å²) in [5.41, 5.74) is 21.0. The number of fused-ring (bicyclic) bond motifs is 12. The Kier molecular flexibility index (Phi) is 11.5. The van der Waals surface area contributed by atoms with Crippen molar-refractivity contribution in [1.82, 2.24) is 33.2 Å². The fourth-order valence-corrected chi connectivity index (χ4v) is 13.9. The van der Waals surface area contributed by atoms with E-state index in [1.165, 1.54) is 43.6 Å². The minimum atomic E-state index is 0.509. The first-order chi connectivity index (χ1) is 44.6. The van der Waals surface area contributed by atoms with E-state index >= 15 is 0 Å². The zero-order valence-electron chi connectivity index (χ0n) is 48.4. The van der Waals surface area contributed by atoms with Crippen LogP contribution in [0.5, 0.6) is 0 Å². The van der Waals surface area contributed by atoms with Gasteiger partial charge in [-0.1, -0.05) is 158 Å². The summed E-state index contributed by atoms with van der Waals surface area (Å²) in [6.45, 7) is 0. The number of nitrogens with zero attached hydrogens (tertiary/aromatic N) is 8. The van der Waals surface area contributed by atoms with Crippen LogP contribution in [-0.4, -0.2) is 33.2 Å². The second-order valence-corrected chi connectivity index (χ2v) is 23.1. The fraction of sp³-hybridized carbons (Fsp3) is 0. The van der Waals surface area contributed by atoms with Crippen LogP contribution < -0.4 is 0 Å². The van der Waals surface area contributed by atoms with E-state index < -0.39 is 0 Å². The fourth-order valence-electron chi connectivity index (χ4n) is 13.9. The van der Waals surface area contributed by atoms with Gasteiger partial charge < -0.3 is 18.3 Å². The molecule has 0 atom stereocenters. The number of nitriles is 1. The summed E-state index contributed by atoms with van der Waals surface area (Å²) in [6, 6.07) is 110. The molecular formula is C82H50N8. The number of rotatable bonds is 9. The summed E-state index contributed by atoms with van der Waals surface area (Å²) in [5, 5.41) is 19.3. The van der Waals surface area contributed by atoms with Crippen molar-refractivity contribution < 1.29 is 0 Å². The minimum absolute atomic E-state index is 0.509. The summed E-state index contributed by atoms with van der Waals surface area (Å²) >= 11 is 0. The molecule has 0 aliphatic carbocycles. The van der Waals surface area contributed by atoms with Gasteiger partial charge in [-0.2, -0.15) is 5.26 Å². The van der Waals surface area contributed by atoms with E-state index in [2.05, 4.69) is 303 Å². The molecule has 5 heterocycles. The predicted molar refractivity (Wildman–Crippen MR) is 369 cm³/mol. The van der Waals surface area contributed by atoms with Crippen molar-refractivity contribution in [2.45, 2.75) is 0 Å². The van der Waals surface area contributed by atoms with E-state index in [9.17, 15) is 5.26 Å². The number of aromatic nitrogens is 7. The molecule has 0 fully saturated rings. The van der Waals surface area contributed by atoms with Gasteiger partial charge in [0, 0.05) is 82.5 Å². The molecule has 13 aromatic carbocycles. The molecule has 18 rings (SSSR count). The van der Waals surface area contributed by atoms with Crippen molar-refractivity contribution in [3.05, 3.63) is 309 Å². The van der Waals surface area contributed by atoms with Crippen LogP contribution in [0.2, 0.25) is 0 Å². The monoisotopic (exact) mass is 1150 g/mol. The van der Waals surface area contributed by atoms with Crippen molar-refractivity contribution in [2.24, 2.45) is 0 Å². The van der Waals surface area contributed by atoms with Gasteiger partial charge in [-0.25, -0.2) is 15.0 Å². The van der Waals surface area contributed by atoms with Crippen LogP contribution in [0, 0.1) is 11.3 Å². The Morgan fingerprint density at radius 3 is 0.833 bits per heavy atom. The summed E-state index contributed by atoms with van der Waals surface area (Å²) in [7, 11) is 0. The molecule has 0 radical (unpaired) electrons. The van der Waals surface area contributed by atoms with Crippen LogP contribution in [0.15, 0.2) is 303 Å². The molecule has 0 bridgehead atoms. The molecule has 418 valence electrons. The number of para-hydroxylation sites is 6. The Bertz CT molecular complexity index is 5640. The van der Waals surface area contributed by atoms with Gasteiger partial charge in [-0.05, 0) is 168 Å². The molecule has 0 aliphatic rings. The van der Waals surface area contributed by atoms with Crippen LogP contribution >= 0.6 is 0 Å². The molecule has 0 saturated heterocycles. The van der Waals surface area contributed by atoms with Crippen molar-refractivity contribution in [2.75, 3.05) is 0 Å². The van der Waals surface area contributed by atoms with E-state index in [-0.39, 0.29) is 0 Å². The third-order valence-corrected chi connectivity index (χ3v) is 18.0. The highest BCUT2D eigenvalue weighted by molar-refractivity contribution is 6.15. The normalized spacial score (nSPS) is 11.8. The molecule has 8 heteroatoms. The lowest BCUT2D eigenvalue weighted by atomic mass is 10.0. The minimum Gasteiger partial charge on any atom is -0.309 e. The van der Waals surface area contributed by atoms with Crippen LogP contribution in [-0.2, 0) is 0 Å². The molecule has 0 spiro atoms. The average molecular weight is 1150 g/mol. The third kappa shape index (κ3) is 8.11. The van der Waals surface area contributed by atoms with Crippen LogP contribution in [0.1, 0.15) is 5.56 Å². The standard InChI is InChI=1S/C82H50N8/c83-51-52-33-35-53(36-34-52)80-84-81(58-17-15-23-62(45-58)89-74-31-13-9-27-66(74)70-49-56(39-43-78(70)89)54-37-41-76-68(47-54)64-25-7-11-29-72(64)87(76)60-19-3-1-4-20-60)86-82(85-80)59-18-16-24-63(46-59)90-75-32-14-10-28-67(75)71-50-57(40-44-79(71)90)55-38-42-77-69(48-55)65-26-8-12-30-73(65)88(77)61-21-5-2-6-22-61/h1-50H. The molecule has 90 heavy (non-hydrogen) atoms. The predicted octanol–water partition coefficient (Wildman–Crippen LogP) is 20.5. The largest absolute Gasteiger partial charge is 0.309 e. The Balaban J connectivity index is 0.732. The zero-order valence-corrected chi connectivity index (χ0v) is 48.4. The molecule has 8 nitrogen and oxygen atoms in total. The molecule has 0 aliphatic heterocycles. The second kappa shape index (κ2) is 20.3. The summed E-state index contributed by atoms with van der Waals surface area (Å²) < 4.78 is 9.42. The number of benzene rings is 13. The highest BCUT2D eigenvalue weighted by Crippen LogP contribution is 2.42. The van der Waals surface area contributed by atoms with E-state index in [1.54, 1.807) is 0 Å². The average Bonchev–Trinajstić information content (AvgIpc) is 1.80.